The highest BCUT2D eigenvalue weighted by Gasteiger charge is 2.32. The Kier molecular flexibility index (Phi) is 5.79. The fourth-order valence-electron chi connectivity index (χ4n) is 3.95. The number of hydrogen-bond acceptors (Lipinski definition) is 3. The van der Waals surface area contributed by atoms with Gasteiger partial charge in [-0.05, 0) is 56.4 Å². The Morgan fingerprint density at radius 2 is 1.72 bits per heavy atom. The quantitative estimate of drug-likeness (QED) is 0.872. The van der Waals surface area contributed by atoms with Crippen LogP contribution in [0.1, 0.15) is 68.6 Å². The Morgan fingerprint density at radius 1 is 1.08 bits per heavy atom. The van der Waals surface area contributed by atoms with Gasteiger partial charge in [-0.1, -0.05) is 26.2 Å². The molecule has 1 aromatic carbocycles. The van der Waals surface area contributed by atoms with E-state index in [0.717, 1.165) is 51.4 Å². The van der Waals surface area contributed by atoms with Gasteiger partial charge in [-0.15, -0.1) is 0 Å². The summed E-state index contributed by atoms with van der Waals surface area (Å²) >= 11 is 0. The second-order valence-electron chi connectivity index (χ2n) is 7.15. The predicted molar refractivity (Wildman–Crippen MR) is 98.0 cm³/mol. The molecule has 5 nitrogen and oxygen atoms in total. The van der Waals surface area contributed by atoms with Crippen molar-refractivity contribution in [3.8, 4) is 0 Å². The number of nitrogens with zero attached hydrogens (tertiary/aromatic N) is 1. The molecule has 6 heteroatoms. The zero-order valence-electron chi connectivity index (χ0n) is 14.9. The average Bonchev–Trinajstić information content (AvgIpc) is 3.14. The first-order valence-electron chi connectivity index (χ1n) is 9.45. The van der Waals surface area contributed by atoms with Gasteiger partial charge in [-0.25, -0.2) is 8.42 Å². The first-order chi connectivity index (χ1) is 12.0. The van der Waals surface area contributed by atoms with Gasteiger partial charge in [0.05, 0.1) is 4.90 Å². The first kappa shape index (κ1) is 18.4. The van der Waals surface area contributed by atoms with Gasteiger partial charge >= 0.3 is 0 Å². The van der Waals surface area contributed by atoms with Gasteiger partial charge in [0.1, 0.15) is 0 Å². The molecule has 0 bridgehead atoms. The maximum absolute atomic E-state index is 12.9. The van der Waals surface area contributed by atoms with Crippen molar-refractivity contribution in [1.29, 1.82) is 0 Å². The summed E-state index contributed by atoms with van der Waals surface area (Å²) in [6.45, 7) is 2.62. The number of carbonyl (C=O) groups is 1. The number of amides is 1. The van der Waals surface area contributed by atoms with E-state index in [0.29, 0.717) is 12.1 Å². The number of carbonyl (C=O) groups excluding carboxylic acids is 1. The summed E-state index contributed by atoms with van der Waals surface area (Å²) in [7, 11) is -3.49. The fraction of sp³-hybridized carbons (Fsp3) is 0.632. The maximum Gasteiger partial charge on any atom is 0.251 e. The van der Waals surface area contributed by atoms with Crippen LogP contribution in [0, 0.1) is 0 Å². The lowest BCUT2D eigenvalue weighted by Crippen LogP contribution is -2.43. The number of sulfonamides is 1. The van der Waals surface area contributed by atoms with E-state index in [-0.39, 0.29) is 22.9 Å². The Labute approximate surface area is 150 Å². The number of piperidine rings is 1. The highest BCUT2D eigenvalue weighted by molar-refractivity contribution is 7.89. The van der Waals surface area contributed by atoms with Crippen LogP contribution in [0.4, 0.5) is 0 Å². The molecule has 0 aromatic heterocycles. The smallest absolute Gasteiger partial charge is 0.251 e. The topological polar surface area (TPSA) is 66.5 Å². The summed E-state index contributed by atoms with van der Waals surface area (Å²) in [5, 5.41) is 3.03. The summed E-state index contributed by atoms with van der Waals surface area (Å²) in [6, 6.07) is 6.74. The van der Waals surface area contributed by atoms with Gasteiger partial charge in [0.2, 0.25) is 10.0 Å². The van der Waals surface area contributed by atoms with Gasteiger partial charge in [-0.2, -0.15) is 4.31 Å². The summed E-state index contributed by atoms with van der Waals surface area (Å²) in [4.78, 5) is 12.6. The number of hydrogen-bond donors (Lipinski definition) is 1. The van der Waals surface area contributed by atoms with Gasteiger partial charge in [0.15, 0.2) is 0 Å². The van der Waals surface area contributed by atoms with E-state index in [2.05, 4.69) is 5.32 Å². The van der Waals surface area contributed by atoms with E-state index in [9.17, 15) is 13.2 Å². The molecule has 1 heterocycles. The van der Waals surface area contributed by atoms with Crippen LogP contribution in [0.5, 0.6) is 0 Å². The van der Waals surface area contributed by atoms with Crippen LogP contribution in [0.15, 0.2) is 29.2 Å². The molecule has 1 atom stereocenters. The summed E-state index contributed by atoms with van der Waals surface area (Å²) in [6.07, 6.45) is 8.16. The standard InChI is InChI=1S/C19H28N2O3S/c1-2-17-9-5-6-14-21(17)25(23,24)18-12-10-15(11-13-18)19(22)20-16-7-3-4-8-16/h10-13,16-17H,2-9,14H2,1H3,(H,20,22). The van der Waals surface area contributed by atoms with E-state index in [1.807, 2.05) is 6.92 Å². The van der Waals surface area contributed by atoms with Crippen molar-refractivity contribution in [2.75, 3.05) is 6.54 Å². The number of rotatable bonds is 5. The Bertz CT molecular complexity index is 694. The van der Waals surface area contributed by atoms with E-state index >= 15 is 0 Å². The van der Waals surface area contributed by atoms with Gasteiger partial charge in [0, 0.05) is 24.2 Å². The molecule has 3 rings (SSSR count). The minimum Gasteiger partial charge on any atom is -0.349 e. The molecule has 2 aliphatic rings. The van der Waals surface area contributed by atoms with E-state index in [1.165, 1.54) is 0 Å². The molecule has 1 saturated carbocycles. The van der Waals surface area contributed by atoms with Crippen molar-refractivity contribution < 1.29 is 13.2 Å². The van der Waals surface area contributed by atoms with Crippen LogP contribution in [0.25, 0.3) is 0 Å². The normalized spacial score (nSPS) is 22.8. The zero-order chi connectivity index (χ0) is 17.9. The molecular weight excluding hydrogens is 336 g/mol. The molecule has 2 fully saturated rings. The molecule has 1 aromatic rings. The molecule has 25 heavy (non-hydrogen) atoms. The van der Waals surface area contributed by atoms with Crippen molar-refractivity contribution in [3.63, 3.8) is 0 Å². The molecule has 0 spiro atoms. The predicted octanol–water partition coefficient (Wildman–Crippen LogP) is 3.31. The van der Waals surface area contributed by atoms with Gasteiger partial charge in [0.25, 0.3) is 5.91 Å². The van der Waals surface area contributed by atoms with Crippen molar-refractivity contribution in [1.82, 2.24) is 9.62 Å². The molecule has 1 saturated heterocycles. The lowest BCUT2D eigenvalue weighted by Gasteiger charge is -2.34. The second-order valence-corrected chi connectivity index (χ2v) is 9.04. The van der Waals surface area contributed by atoms with E-state index in [1.54, 1.807) is 28.6 Å². The largest absolute Gasteiger partial charge is 0.349 e. The average molecular weight is 365 g/mol. The molecule has 138 valence electrons. The minimum atomic E-state index is -3.49. The fourth-order valence-corrected chi connectivity index (χ4v) is 5.72. The molecule has 1 aliphatic carbocycles. The van der Waals surface area contributed by atoms with Gasteiger partial charge in [-0.3, -0.25) is 4.79 Å². The van der Waals surface area contributed by atoms with Crippen LogP contribution < -0.4 is 5.32 Å². The second kappa shape index (κ2) is 7.87. The monoisotopic (exact) mass is 364 g/mol. The summed E-state index contributed by atoms with van der Waals surface area (Å²) in [5.41, 5.74) is 0.525. The molecular formula is C19H28N2O3S. The Morgan fingerprint density at radius 3 is 2.36 bits per heavy atom. The van der Waals surface area contributed by atoms with Crippen LogP contribution in [-0.4, -0.2) is 37.3 Å². The Hall–Kier alpha value is -1.40. The highest BCUT2D eigenvalue weighted by atomic mass is 32.2. The third-order valence-corrected chi connectivity index (χ3v) is 7.42. The Balaban J connectivity index is 1.73. The molecule has 1 unspecified atom stereocenters. The van der Waals surface area contributed by atoms with E-state index < -0.39 is 10.0 Å². The molecule has 0 radical (unpaired) electrons. The van der Waals surface area contributed by atoms with Crippen molar-refractivity contribution in [3.05, 3.63) is 29.8 Å². The molecule has 1 aliphatic heterocycles. The van der Waals surface area contributed by atoms with Crippen LogP contribution in [0.3, 0.4) is 0 Å². The van der Waals surface area contributed by atoms with Crippen LogP contribution in [-0.2, 0) is 10.0 Å². The maximum atomic E-state index is 12.9. The zero-order valence-corrected chi connectivity index (χ0v) is 15.7. The van der Waals surface area contributed by atoms with Crippen molar-refractivity contribution in [2.45, 2.75) is 75.3 Å². The van der Waals surface area contributed by atoms with Crippen molar-refractivity contribution in [2.24, 2.45) is 0 Å². The number of benzene rings is 1. The number of nitrogens with one attached hydrogen (secondary N) is 1. The summed E-state index contributed by atoms with van der Waals surface area (Å²) < 4.78 is 27.5. The molecule has 1 amide bonds. The third kappa shape index (κ3) is 4.06. The minimum absolute atomic E-state index is 0.0871. The third-order valence-electron chi connectivity index (χ3n) is 5.46. The SMILES string of the molecule is CCC1CCCCN1S(=O)(=O)c1ccc(C(=O)NC2CCCC2)cc1. The molecule has 1 N–H and O–H groups in total. The van der Waals surface area contributed by atoms with Gasteiger partial charge < -0.3 is 5.32 Å². The lowest BCUT2D eigenvalue weighted by atomic mass is 10.0. The van der Waals surface area contributed by atoms with Crippen LogP contribution in [0.2, 0.25) is 0 Å². The first-order valence-corrected chi connectivity index (χ1v) is 10.9. The van der Waals surface area contributed by atoms with Crippen molar-refractivity contribution >= 4 is 15.9 Å². The highest BCUT2D eigenvalue weighted by Crippen LogP contribution is 2.27. The van der Waals surface area contributed by atoms with Crippen LogP contribution >= 0.6 is 0 Å². The lowest BCUT2D eigenvalue weighted by molar-refractivity contribution is 0.0937. The van der Waals surface area contributed by atoms with E-state index in [4.69, 9.17) is 0 Å². The summed E-state index contributed by atoms with van der Waals surface area (Å²) in [5.74, 6) is -0.111.